The molecule has 3 nitrogen and oxygen atoms in total. The predicted molar refractivity (Wildman–Crippen MR) is 76.8 cm³/mol. The minimum Gasteiger partial charge on any atom is -0.371 e. The summed E-state index contributed by atoms with van der Waals surface area (Å²) >= 11 is 0. The second-order valence-corrected chi connectivity index (χ2v) is 5.73. The Hall–Kier alpha value is -1.09. The van der Waals surface area contributed by atoms with Crippen molar-refractivity contribution in [1.82, 2.24) is 10.3 Å². The maximum absolute atomic E-state index is 4.27. The van der Waals surface area contributed by atoms with E-state index in [-0.39, 0.29) is 0 Å². The van der Waals surface area contributed by atoms with Crippen LogP contribution in [0.15, 0.2) is 18.5 Å². The molecule has 1 aromatic heterocycles. The highest BCUT2D eigenvalue weighted by molar-refractivity contribution is 5.52. The summed E-state index contributed by atoms with van der Waals surface area (Å²) in [5, 5.41) is 3.49. The summed E-state index contributed by atoms with van der Waals surface area (Å²) in [5.74, 6) is 0.804. The lowest BCUT2D eigenvalue weighted by Gasteiger charge is -2.34. The van der Waals surface area contributed by atoms with Gasteiger partial charge in [-0.15, -0.1) is 0 Å². The molecule has 1 aromatic rings. The SMILES string of the molecule is CC1CCCN(c2ccncc2CNC(C)C)C1. The summed E-state index contributed by atoms with van der Waals surface area (Å²) in [6.45, 7) is 9.98. The smallest absolute Gasteiger partial charge is 0.0442 e. The van der Waals surface area contributed by atoms with Crippen molar-refractivity contribution in [1.29, 1.82) is 0 Å². The number of hydrogen-bond acceptors (Lipinski definition) is 3. The van der Waals surface area contributed by atoms with Gasteiger partial charge in [-0.25, -0.2) is 0 Å². The Bertz CT molecular complexity index is 376. The molecule has 0 amide bonds. The number of pyridine rings is 1. The van der Waals surface area contributed by atoms with Crippen LogP contribution in [-0.4, -0.2) is 24.1 Å². The van der Waals surface area contributed by atoms with E-state index in [9.17, 15) is 0 Å². The van der Waals surface area contributed by atoms with Crippen LogP contribution >= 0.6 is 0 Å². The molecule has 0 spiro atoms. The van der Waals surface area contributed by atoms with Crippen LogP contribution < -0.4 is 10.2 Å². The Morgan fingerprint density at radius 1 is 1.50 bits per heavy atom. The van der Waals surface area contributed by atoms with Gasteiger partial charge in [-0.3, -0.25) is 4.98 Å². The average Bonchev–Trinajstić information content (AvgIpc) is 2.36. The molecule has 1 unspecified atom stereocenters. The largest absolute Gasteiger partial charge is 0.371 e. The van der Waals surface area contributed by atoms with Gasteiger partial charge in [-0.2, -0.15) is 0 Å². The van der Waals surface area contributed by atoms with Gasteiger partial charge in [0.25, 0.3) is 0 Å². The molecule has 18 heavy (non-hydrogen) atoms. The van der Waals surface area contributed by atoms with Gasteiger partial charge in [-0.05, 0) is 24.8 Å². The zero-order chi connectivity index (χ0) is 13.0. The molecule has 1 atom stereocenters. The van der Waals surface area contributed by atoms with Crippen LogP contribution in [0.25, 0.3) is 0 Å². The molecule has 0 saturated carbocycles. The molecular formula is C15H25N3. The van der Waals surface area contributed by atoms with E-state index >= 15 is 0 Å². The molecule has 0 bridgehead atoms. The lowest BCUT2D eigenvalue weighted by atomic mass is 9.99. The van der Waals surface area contributed by atoms with E-state index in [4.69, 9.17) is 0 Å². The van der Waals surface area contributed by atoms with Crippen molar-refractivity contribution in [3.05, 3.63) is 24.0 Å². The molecular weight excluding hydrogens is 222 g/mol. The molecule has 1 aliphatic rings. The van der Waals surface area contributed by atoms with E-state index in [0.29, 0.717) is 6.04 Å². The first-order valence-electron chi connectivity index (χ1n) is 7.08. The Labute approximate surface area is 111 Å². The van der Waals surface area contributed by atoms with Gasteiger partial charge < -0.3 is 10.2 Å². The first-order valence-corrected chi connectivity index (χ1v) is 7.08. The van der Waals surface area contributed by atoms with Gasteiger partial charge in [0.05, 0.1) is 0 Å². The zero-order valence-electron chi connectivity index (χ0n) is 11.8. The van der Waals surface area contributed by atoms with Crippen molar-refractivity contribution in [2.75, 3.05) is 18.0 Å². The van der Waals surface area contributed by atoms with Gasteiger partial charge >= 0.3 is 0 Å². The number of nitrogens with one attached hydrogen (secondary N) is 1. The van der Waals surface area contributed by atoms with Gasteiger partial charge in [-0.1, -0.05) is 20.8 Å². The van der Waals surface area contributed by atoms with Gasteiger partial charge in [0.2, 0.25) is 0 Å². The number of nitrogens with zero attached hydrogens (tertiary/aromatic N) is 2. The minimum atomic E-state index is 0.512. The summed E-state index contributed by atoms with van der Waals surface area (Å²) < 4.78 is 0. The number of anilines is 1. The van der Waals surface area contributed by atoms with Crippen LogP contribution in [0.1, 0.15) is 39.2 Å². The fourth-order valence-electron chi connectivity index (χ4n) is 2.59. The fourth-order valence-corrected chi connectivity index (χ4v) is 2.59. The second kappa shape index (κ2) is 6.19. The van der Waals surface area contributed by atoms with Crippen LogP contribution in [0.2, 0.25) is 0 Å². The molecule has 0 radical (unpaired) electrons. The first-order chi connectivity index (χ1) is 8.66. The van der Waals surface area contributed by atoms with Gasteiger partial charge in [0.1, 0.15) is 0 Å². The molecule has 3 heteroatoms. The van der Waals surface area contributed by atoms with E-state index < -0.39 is 0 Å². The highest BCUT2D eigenvalue weighted by Gasteiger charge is 2.18. The van der Waals surface area contributed by atoms with Crippen molar-refractivity contribution in [2.24, 2.45) is 5.92 Å². The zero-order valence-corrected chi connectivity index (χ0v) is 11.8. The van der Waals surface area contributed by atoms with Crippen molar-refractivity contribution >= 4 is 5.69 Å². The molecule has 1 saturated heterocycles. The molecule has 1 fully saturated rings. The van der Waals surface area contributed by atoms with Crippen molar-refractivity contribution in [2.45, 2.75) is 46.2 Å². The molecule has 2 rings (SSSR count). The number of piperidine rings is 1. The van der Waals surface area contributed by atoms with E-state index in [0.717, 1.165) is 12.5 Å². The summed E-state index contributed by atoms with van der Waals surface area (Å²) in [6, 6.07) is 2.67. The Morgan fingerprint density at radius 2 is 2.33 bits per heavy atom. The van der Waals surface area contributed by atoms with Crippen molar-refractivity contribution in [3.63, 3.8) is 0 Å². The number of hydrogen-bond donors (Lipinski definition) is 1. The third-order valence-corrected chi connectivity index (χ3v) is 3.58. The maximum atomic E-state index is 4.27. The van der Waals surface area contributed by atoms with Crippen LogP contribution in [0.3, 0.4) is 0 Å². The van der Waals surface area contributed by atoms with Crippen LogP contribution in [0.5, 0.6) is 0 Å². The predicted octanol–water partition coefficient (Wildman–Crippen LogP) is 2.82. The number of rotatable bonds is 4. The molecule has 0 aromatic carbocycles. The second-order valence-electron chi connectivity index (χ2n) is 5.73. The lowest BCUT2D eigenvalue weighted by Crippen LogP contribution is -2.35. The minimum absolute atomic E-state index is 0.512. The summed E-state index contributed by atoms with van der Waals surface area (Å²) in [7, 11) is 0. The first kappa shape index (κ1) is 13.3. The van der Waals surface area contributed by atoms with Crippen LogP contribution in [0, 0.1) is 5.92 Å². The van der Waals surface area contributed by atoms with E-state index in [2.05, 4.69) is 42.0 Å². The van der Waals surface area contributed by atoms with Crippen LogP contribution in [0.4, 0.5) is 5.69 Å². The summed E-state index contributed by atoms with van der Waals surface area (Å²) in [4.78, 5) is 6.79. The molecule has 100 valence electrons. The maximum Gasteiger partial charge on any atom is 0.0442 e. The normalized spacial score (nSPS) is 20.4. The standard InChI is InChI=1S/C15H25N3/c1-12(2)17-10-14-9-16-7-6-15(14)18-8-4-5-13(3)11-18/h6-7,9,12-13,17H,4-5,8,10-11H2,1-3H3. The van der Waals surface area contributed by atoms with E-state index in [1.54, 1.807) is 0 Å². The molecule has 1 aliphatic heterocycles. The van der Waals surface area contributed by atoms with Crippen LogP contribution in [-0.2, 0) is 6.54 Å². The van der Waals surface area contributed by atoms with Gasteiger partial charge in [0, 0.05) is 49.3 Å². The highest BCUT2D eigenvalue weighted by atomic mass is 15.1. The number of aromatic nitrogens is 1. The van der Waals surface area contributed by atoms with Crippen molar-refractivity contribution in [3.8, 4) is 0 Å². The highest BCUT2D eigenvalue weighted by Crippen LogP contribution is 2.25. The summed E-state index contributed by atoms with van der Waals surface area (Å²) in [6.07, 6.45) is 6.58. The lowest BCUT2D eigenvalue weighted by molar-refractivity contribution is 0.445. The van der Waals surface area contributed by atoms with Crippen molar-refractivity contribution < 1.29 is 0 Å². The summed E-state index contributed by atoms with van der Waals surface area (Å²) in [5.41, 5.74) is 2.69. The Balaban J connectivity index is 2.10. The van der Waals surface area contributed by atoms with Gasteiger partial charge in [0.15, 0.2) is 0 Å². The molecule has 0 aliphatic carbocycles. The molecule has 2 heterocycles. The Kier molecular flexibility index (Phi) is 4.59. The average molecular weight is 247 g/mol. The molecule has 1 N–H and O–H groups in total. The van der Waals surface area contributed by atoms with E-state index in [1.165, 1.54) is 37.2 Å². The third kappa shape index (κ3) is 3.45. The third-order valence-electron chi connectivity index (χ3n) is 3.58. The Morgan fingerprint density at radius 3 is 3.06 bits per heavy atom. The van der Waals surface area contributed by atoms with E-state index in [1.807, 2.05) is 12.4 Å². The monoisotopic (exact) mass is 247 g/mol. The fraction of sp³-hybridized carbons (Fsp3) is 0.667. The quantitative estimate of drug-likeness (QED) is 0.887. The topological polar surface area (TPSA) is 28.2 Å².